The normalized spacial score (nSPS) is 19.1. The van der Waals surface area contributed by atoms with Crippen LogP contribution in [0.3, 0.4) is 0 Å². The van der Waals surface area contributed by atoms with Crippen molar-refractivity contribution in [3.63, 3.8) is 0 Å². The van der Waals surface area contributed by atoms with E-state index in [9.17, 15) is 18.4 Å². The lowest BCUT2D eigenvalue weighted by atomic mass is 9.89. The molecule has 0 aromatic rings. The van der Waals surface area contributed by atoms with Gasteiger partial charge in [0, 0.05) is 23.9 Å². The van der Waals surface area contributed by atoms with Crippen LogP contribution in [0, 0.1) is 11.8 Å². The molecule has 2 rings (SSSR count). The largest absolute Gasteiger partial charge is 0.369 e. The highest BCUT2D eigenvalue weighted by molar-refractivity contribution is 6.31. The Bertz CT molecular complexity index is 881. The first-order valence-corrected chi connectivity index (χ1v) is 12.5. The lowest BCUT2D eigenvalue weighted by Crippen LogP contribution is -2.44. The minimum atomic E-state index is -0.865. The van der Waals surface area contributed by atoms with Crippen molar-refractivity contribution in [2.75, 3.05) is 0 Å². The molecule has 0 radical (unpaired) electrons. The molecule has 1 atom stereocenters. The van der Waals surface area contributed by atoms with Crippen LogP contribution in [-0.2, 0) is 9.59 Å². The molecule has 2 aliphatic carbocycles. The number of carbonyl (C=O) groups is 2. The van der Waals surface area contributed by atoms with Crippen molar-refractivity contribution in [1.82, 2.24) is 5.32 Å². The van der Waals surface area contributed by atoms with Gasteiger partial charge in [0.25, 0.3) is 0 Å². The van der Waals surface area contributed by atoms with Gasteiger partial charge in [-0.15, -0.1) is 0 Å². The number of halogens is 3. The molecule has 2 amide bonds. The lowest BCUT2D eigenvalue weighted by Gasteiger charge is -2.28. The van der Waals surface area contributed by atoms with Gasteiger partial charge in [0.2, 0.25) is 11.8 Å². The number of nitrogens with one attached hydrogen (secondary N) is 1. The number of allylic oxidation sites excluding steroid dienone is 4. The maximum absolute atomic E-state index is 14.6. The summed E-state index contributed by atoms with van der Waals surface area (Å²) in [7, 11) is 0. The summed E-state index contributed by atoms with van der Waals surface area (Å²) >= 11 is 5.70. The van der Waals surface area contributed by atoms with Crippen LogP contribution in [0.15, 0.2) is 64.3 Å². The van der Waals surface area contributed by atoms with Crippen molar-refractivity contribution in [3.05, 3.63) is 59.3 Å². The highest BCUT2D eigenvalue weighted by atomic mass is 35.5. The lowest BCUT2D eigenvalue weighted by molar-refractivity contribution is -0.125. The van der Waals surface area contributed by atoms with E-state index < -0.39 is 17.7 Å². The van der Waals surface area contributed by atoms with Crippen molar-refractivity contribution < 1.29 is 18.4 Å². The van der Waals surface area contributed by atoms with E-state index in [1.54, 1.807) is 12.3 Å². The first kappa shape index (κ1) is 30.5. The number of nitrogens with two attached hydrogens (primary N) is 1. The van der Waals surface area contributed by atoms with Gasteiger partial charge in [-0.2, -0.15) is 0 Å². The van der Waals surface area contributed by atoms with Crippen LogP contribution in [0.5, 0.6) is 0 Å². The molecule has 0 bridgehead atoms. The summed E-state index contributed by atoms with van der Waals surface area (Å²) in [6.45, 7) is 10.1. The quantitative estimate of drug-likeness (QED) is 0.253. The van der Waals surface area contributed by atoms with Crippen LogP contribution in [0.1, 0.15) is 71.6 Å². The molecular weight excluding hydrogens is 472 g/mol. The van der Waals surface area contributed by atoms with Crippen LogP contribution < -0.4 is 11.1 Å². The van der Waals surface area contributed by atoms with Gasteiger partial charge in [0.05, 0.1) is 17.5 Å². The average molecular weight is 510 g/mol. The molecule has 2 aliphatic rings. The Kier molecular flexibility index (Phi) is 14.1. The van der Waals surface area contributed by atoms with E-state index in [2.05, 4.69) is 23.5 Å². The Morgan fingerprint density at radius 3 is 2.14 bits per heavy atom. The molecule has 0 aliphatic heterocycles. The van der Waals surface area contributed by atoms with Crippen LogP contribution in [0.25, 0.3) is 0 Å². The highest BCUT2D eigenvalue weighted by Crippen LogP contribution is 2.37. The first-order valence-electron chi connectivity index (χ1n) is 12.1. The Hall–Kier alpha value is -2.54. The number of amides is 2. The molecule has 3 N–H and O–H groups in total. The van der Waals surface area contributed by atoms with E-state index in [0.29, 0.717) is 0 Å². The Balaban J connectivity index is 0.000000471. The topological polar surface area (TPSA) is 84.6 Å². The number of rotatable bonds is 10. The van der Waals surface area contributed by atoms with Crippen molar-refractivity contribution >= 4 is 29.6 Å². The van der Waals surface area contributed by atoms with Gasteiger partial charge in [0.15, 0.2) is 0 Å². The number of primary amides is 1. The van der Waals surface area contributed by atoms with Gasteiger partial charge in [-0.3, -0.25) is 14.6 Å². The summed E-state index contributed by atoms with van der Waals surface area (Å²) in [4.78, 5) is 26.8. The molecule has 2 fully saturated rings. The monoisotopic (exact) mass is 509 g/mol. The number of nitrogens with zero attached hydrogens (tertiary/aromatic N) is 1. The van der Waals surface area contributed by atoms with E-state index in [-0.39, 0.29) is 40.7 Å². The molecule has 0 saturated heterocycles. The highest BCUT2D eigenvalue weighted by Gasteiger charge is 2.35. The van der Waals surface area contributed by atoms with Gasteiger partial charge < -0.3 is 11.1 Å². The van der Waals surface area contributed by atoms with Gasteiger partial charge in [-0.1, -0.05) is 62.6 Å². The second-order valence-corrected chi connectivity index (χ2v) is 9.21. The van der Waals surface area contributed by atoms with E-state index in [0.717, 1.165) is 56.9 Å². The summed E-state index contributed by atoms with van der Waals surface area (Å²) in [5.74, 6) is -2.02. The molecule has 1 unspecified atom stereocenters. The third kappa shape index (κ3) is 10.3. The van der Waals surface area contributed by atoms with Crippen LogP contribution >= 0.6 is 11.6 Å². The Labute approximate surface area is 213 Å². The van der Waals surface area contributed by atoms with E-state index in [1.165, 1.54) is 19.2 Å². The van der Waals surface area contributed by atoms with Gasteiger partial charge in [-0.05, 0) is 51.0 Å². The fraction of sp³-hybridized carbons (Fsp3) is 0.519. The summed E-state index contributed by atoms with van der Waals surface area (Å²) in [5.41, 5.74) is 5.62. The maximum atomic E-state index is 14.6. The fourth-order valence-corrected chi connectivity index (χ4v) is 4.54. The first-order chi connectivity index (χ1) is 16.7. The summed E-state index contributed by atoms with van der Waals surface area (Å²) in [6, 6.07) is -0.688. The minimum Gasteiger partial charge on any atom is -0.369 e. The predicted molar refractivity (Wildman–Crippen MR) is 140 cm³/mol. The average Bonchev–Trinajstić information content (AvgIpc) is 3.55. The molecule has 8 heteroatoms. The molecule has 194 valence electrons. The molecule has 35 heavy (non-hydrogen) atoms. The zero-order valence-electron chi connectivity index (χ0n) is 20.8. The van der Waals surface area contributed by atoms with Gasteiger partial charge >= 0.3 is 0 Å². The molecule has 2 saturated carbocycles. The molecule has 0 aromatic heterocycles. The molecule has 5 nitrogen and oxygen atoms in total. The standard InChI is InChI=1S/C19H26ClF2NO.C8H12N2O/c1-3-15(21)16(17(22)12(2)20)18(13-8-4-5-9-13)23-19(24)14-10-6-7-11-14;1-3-7(5-8(9)11)6-10-4-2/h3,13-14,18H,2,4-11H2,1H3,(H,23,24);3-4,6H,2,5H2,1H3,(H2,9,11)/b15-3+,17-16-;7-3-,10-6?. The number of carbonyl (C=O) groups excluding carboxylic acids is 2. The predicted octanol–water partition coefficient (Wildman–Crippen LogP) is 6.72. The van der Waals surface area contributed by atoms with E-state index in [1.807, 2.05) is 6.92 Å². The maximum Gasteiger partial charge on any atom is 0.223 e. The third-order valence-corrected chi connectivity index (χ3v) is 6.45. The summed E-state index contributed by atoms with van der Waals surface area (Å²) in [5, 5.41) is 2.60. The number of hydrogen-bond acceptors (Lipinski definition) is 3. The minimum absolute atomic E-state index is 0.0258. The van der Waals surface area contributed by atoms with Crippen molar-refractivity contribution in [1.29, 1.82) is 0 Å². The van der Waals surface area contributed by atoms with Crippen LogP contribution in [-0.4, -0.2) is 24.1 Å². The molecule has 0 spiro atoms. The van der Waals surface area contributed by atoms with Crippen LogP contribution in [0.2, 0.25) is 0 Å². The SMILES string of the molecule is C=C(Cl)/C(F)=C(\C(F)=C/C)C(NC(=O)C1CCCC1)C1CCCC1.C=CN=C/C(=C\C)CC(N)=O. The second-order valence-electron chi connectivity index (χ2n) is 8.75. The van der Waals surface area contributed by atoms with Crippen LogP contribution in [0.4, 0.5) is 8.78 Å². The smallest absolute Gasteiger partial charge is 0.223 e. The van der Waals surface area contributed by atoms with Gasteiger partial charge in [0.1, 0.15) is 11.7 Å². The second kappa shape index (κ2) is 16.2. The fourth-order valence-electron chi connectivity index (χ4n) is 4.44. The zero-order chi connectivity index (χ0) is 26.4. The number of aliphatic imine (C=N–C) groups is 1. The molecular formula is C27H38ClF2N3O2. The number of hydrogen-bond donors (Lipinski definition) is 2. The van der Waals surface area contributed by atoms with Gasteiger partial charge in [-0.25, -0.2) is 8.78 Å². The van der Waals surface area contributed by atoms with Crippen molar-refractivity contribution in [2.45, 2.75) is 77.7 Å². The van der Waals surface area contributed by atoms with E-state index >= 15 is 0 Å². The Morgan fingerprint density at radius 1 is 1.11 bits per heavy atom. The third-order valence-electron chi connectivity index (χ3n) is 6.29. The van der Waals surface area contributed by atoms with Crippen molar-refractivity contribution in [2.24, 2.45) is 22.6 Å². The van der Waals surface area contributed by atoms with E-state index in [4.69, 9.17) is 17.3 Å². The summed E-state index contributed by atoms with van der Waals surface area (Å²) < 4.78 is 29.0. The Morgan fingerprint density at radius 2 is 1.69 bits per heavy atom. The molecule has 0 heterocycles. The zero-order valence-corrected chi connectivity index (χ0v) is 21.6. The summed E-state index contributed by atoms with van der Waals surface area (Å²) in [6.07, 6.45) is 13.7. The van der Waals surface area contributed by atoms with Crippen molar-refractivity contribution in [3.8, 4) is 0 Å². The molecule has 0 aromatic carbocycles.